The Kier molecular flexibility index (Phi) is 2.38. The molecule has 82 valence electrons. The molecule has 1 aromatic heterocycles. The van der Waals surface area contributed by atoms with Crippen molar-refractivity contribution in [1.29, 1.82) is 0 Å². The SMILES string of the molecule is C=CCn1c(C2CC2)nnc1S(C)(=O)=O. The Balaban J connectivity index is 2.50. The minimum atomic E-state index is -3.30. The summed E-state index contributed by atoms with van der Waals surface area (Å²) < 4.78 is 24.5. The molecular formula is C9H13N3O2S. The first-order valence-corrected chi connectivity index (χ1v) is 6.67. The van der Waals surface area contributed by atoms with E-state index in [-0.39, 0.29) is 5.16 Å². The van der Waals surface area contributed by atoms with Crippen LogP contribution in [0.4, 0.5) is 0 Å². The van der Waals surface area contributed by atoms with Crippen LogP contribution < -0.4 is 0 Å². The van der Waals surface area contributed by atoms with Crippen LogP contribution in [-0.2, 0) is 16.4 Å². The quantitative estimate of drug-likeness (QED) is 0.712. The van der Waals surface area contributed by atoms with Gasteiger partial charge in [0.25, 0.3) is 0 Å². The van der Waals surface area contributed by atoms with E-state index in [1.807, 2.05) is 0 Å². The van der Waals surface area contributed by atoms with Crippen LogP contribution in [0.2, 0.25) is 0 Å². The van der Waals surface area contributed by atoms with Crippen LogP contribution in [0.15, 0.2) is 17.8 Å². The van der Waals surface area contributed by atoms with E-state index in [2.05, 4.69) is 16.8 Å². The molecule has 0 spiro atoms. The van der Waals surface area contributed by atoms with Gasteiger partial charge in [-0.1, -0.05) is 6.08 Å². The second-order valence-electron chi connectivity index (χ2n) is 3.79. The zero-order chi connectivity index (χ0) is 11.1. The van der Waals surface area contributed by atoms with Crippen molar-refractivity contribution in [3.05, 3.63) is 18.5 Å². The lowest BCUT2D eigenvalue weighted by atomic mass is 10.4. The van der Waals surface area contributed by atoms with Crippen molar-refractivity contribution in [3.63, 3.8) is 0 Å². The maximum Gasteiger partial charge on any atom is 0.249 e. The molecule has 0 bridgehead atoms. The van der Waals surface area contributed by atoms with Gasteiger partial charge in [-0.15, -0.1) is 16.8 Å². The first kappa shape index (κ1) is 10.4. The van der Waals surface area contributed by atoms with E-state index in [4.69, 9.17) is 0 Å². The Hall–Kier alpha value is -1.17. The molecule has 1 aliphatic carbocycles. The average Bonchev–Trinajstić information content (AvgIpc) is 2.87. The smallest absolute Gasteiger partial charge is 0.249 e. The Labute approximate surface area is 88.7 Å². The van der Waals surface area contributed by atoms with Gasteiger partial charge in [-0.2, -0.15) is 0 Å². The van der Waals surface area contributed by atoms with Crippen LogP contribution in [-0.4, -0.2) is 29.4 Å². The van der Waals surface area contributed by atoms with Gasteiger partial charge in [0.15, 0.2) is 0 Å². The second-order valence-corrected chi connectivity index (χ2v) is 5.70. The van der Waals surface area contributed by atoms with Crippen molar-refractivity contribution < 1.29 is 8.42 Å². The number of hydrogen-bond acceptors (Lipinski definition) is 4. The van der Waals surface area contributed by atoms with Gasteiger partial charge in [-0.25, -0.2) is 8.42 Å². The number of aromatic nitrogens is 3. The van der Waals surface area contributed by atoms with E-state index in [0.29, 0.717) is 12.5 Å². The van der Waals surface area contributed by atoms with Crippen LogP contribution in [0.5, 0.6) is 0 Å². The van der Waals surface area contributed by atoms with Crippen molar-refractivity contribution in [1.82, 2.24) is 14.8 Å². The number of sulfone groups is 1. The zero-order valence-corrected chi connectivity index (χ0v) is 9.37. The van der Waals surface area contributed by atoms with Crippen molar-refractivity contribution >= 4 is 9.84 Å². The zero-order valence-electron chi connectivity index (χ0n) is 8.55. The summed E-state index contributed by atoms with van der Waals surface area (Å²) in [6.45, 7) is 4.05. The standard InChI is InChI=1S/C9H13N3O2S/c1-3-6-12-8(7-4-5-7)10-11-9(12)15(2,13)14/h3,7H,1,4-6H2,2H3. The minimum absolute atomic E-state index is 0.0456. The highest BCUT2D eigenvalue weighted by molar-refractivity contribution is 7.90. The van der Waals surface area contributed by atoms with Crippen LogP contribution in [0.3, 0.4) is 0 Å². The van der Waals surface area contributed by atoms with E-state index in [9.17, 15) is 8.42 Å². The molecular weight excluding hydrogens is 214 g/mol. The first-order chi connectivity index (χ1) is 7.04. The van der Waals surface area contributed by atoms with Gasteiger partial charge in [0.1, 0.15) is 5.82 Å². The molecule has 0 atom stereocenters. The van der Waals surface area contributed by atoms with Crippen molar-refractivity contribution in [2.24, 2.45) is 0 Å². The maximum atomic E-state index is 11.4. The Morgan fingerprint density at radius 2 is 2.20 bits per heavy atom. The molecule has 5 nitrogen and oxygen atoms in total. The van der Waals surface area contributed by atoms with Crippen LogP contribution in [0.25, 0.3) is 0 Å². The Morgan fingerprint density at radius 1 is 1.53 bits per heavy atom. The van der Waals surface area contributed by atoms with Crippen LogP contribution in [0, 0.1) is 0 Å². The second kappa shape index (κ2) is 3.44. The summed E-state index contributed by atoms with van der Waals surface area (Å²) in [5.74, 6) is 1.16. The normalized spacial score (nSPS) is 16.6. The predicted octanol–water partition coefficient (Wildman–Crippen LogP) is 0.745. The lowest BCUT2D eigenvalue weighted by Crippen LogP contribution is -2.10. The van der Waals surface area contributed by atoms with Crippen molar-refractivity contribution in [2.75, 3.05) is 6.26 Å². The monoisotopic (exact) mass is 227 g/mol. The largest absolute Gasteiger partial charge is 0.298 e. The summed E-state index contributed by atoms with van der Waals surface area (Å²) in [6, 6.07) is 0. The topological polar surface area (TPSA) is 64.8 Å². The van der Waals surface area contributed by atoms with Crippen molar-refractivity contribution in [2.45, 2.75) is 30.5 Å². The number of hydrogen-bond donors (Lipinski definition) is 0. The van der Waals surface area contributed by atoms with E-state index in [0.717, 1.165) is 24.9 Å². The highest BCUT2D eigenvalue weighted by Crippen LogP contribution is 2.39. The molecule has 1 saturated carbocycles. The molecule has 15 heavy (non-hydrogen) atoms. The molecule has 2 rings (SSSR count). The third-order valence-electron chi connectivity index (χ3n) is 2.33. The Morgan fingerprint density at radius 3 is 2.67 bits per heavy atom. The summed E-state index contributed by atoms with van der Waals surface area (Å²) in [4.78, 5) is 0. The third kappa shape index (κ3) is 1.94. The van der Waals surface area contributed by atoms with Gasteiger partial charge in [0, 0.05) is 18.7 Å². The highest BCUT2D eigenvalue weighted by atomic mass is 32.2. The summed E-state index contributed by atoms with van der Waals surface area (Å²) in [6.07, 6.45) is 4.94. The molecule has 0 radical (unpaired) electrons. The third-order valence-corrected chi connectivity index (χ3v) is 3.30. The van der Waals surface area contributed by atoms with Gasteiger partial charge >= 0.3 is 0 Å². The maximum absolute atomic E-state index is 11.4. The minimum Gasteiger partial charge on any atom is -0.298 e. The van der Waals surface area contributed by atoms with Gasteiger partial charge in [0.05, 0.1) is 0 Å². The van der Waals surface area contributed by atoms with Crippen LogP contribution in [0.1, 0.15) is 24.6 Å². The molecule has 0 amide bonds. The number of allylic oxidation sites excluding steroid dienone is 1. The van der Waals surface area contributed by atoms with Gasteiger partial charge in [-0.3, -0.25) is 4.57 Å². The summed E-state index contributed by atoms with van der Waals surface area (Å²) >= 11 is 0. The van der Waals surface area contributed by atoms with E-state index in [1.54, 1.807) is 10.6 Å². The first-order valence-electron chi connectivity index (χ1n) is 4.78. The fourth-order valence-corrected chi connectivity index (χ4v) is 2.28. The molecule has 0 aliphatic heterocycles. The van der Waals surface area contributed by atoms with Crippen LogP contribution >= 0.6 is 0 Å². The molecule has 0 aromatic carbocycles. The average molecular weight is 227 g/mol. The highest BCUT2D eigenvalue weighted by Gasteiger charge is 2.31. The predicted molar refractivity (Wildman–Crippen MR) is 55.3 cm³/mol. The summed E-state index contributed by atoms with van der Waals surface area (Å²) in [7, 11) is -3.30. The van der Waals surface area contributed by atoms with Gasteiger partial charge < -0.3 is 0 Å². The fourth-order valence-electron chi connectivity index (χ4n) is 1.52. The molecule has 0 unspecified atom stereocenters. The lowest BCUT2D eigenvalue weighted by molar-refractivity contribution is 0.575. The molecule has 1 aliphatic rings. The van der Waals surface area contributed by atoms with Gasteiger partial charge in [-0.05, 0) is 12.8 Å². The molecule has 0 saturated heterocycles. The number of rotatable bonds is 4. The molecule has 1 fully saturated rings. The van der Waals surface area contributed by atoms with Crippen molar-refractivity contribution in [3.8, 4) is 0 Å². The fraction of sp³-hybridized carbons (Fsp3) is 0.556. The van der Waals surface area contributed by atoms with Gasteiger partial charge in [0.2, 0.25) is 15.0 Å². The summed E-state index contributed by atoms with van der Waals surface area (Å²) in [5.41, 5.74) is 0. The van der Waals surface area contributed by atoms with E-state index >= 15 is 0 Å². The molecule has 0 N–H and O–H groups in total. The van der Waals surface area contributed by atoms with E-state index in [1.165, 1.54) is 0 Å². The molecule has 1 heterocycles. The summed E-state index contributed by atoms with van der Waals surface area (Å²) in [5, 5.41) is 7.74. The lowest BCUT2D eigenvalue weighted by Gasteiger charge is -2.04. The molecule has 6 heteroatoms. The van der Waals surface area contributed by atoms with E-state index < -0.39 is 9.84 Å². The number of nitrogens with zero attached hydrogens (tertiary/aromatic N) is 3. The molecule has 1 aromatic rings. The Bertz CT molecular complexity index is 485.